The van der Waals surface area contributed by atoms with Gasteiger partial charge in [0.25, 0.3) is 0 Å². The number of hydrogen-bond acceptors (Lipinski definition) is 5. The third-order valence-corrected chi connectivity index (χ3v) is 3.76. The summed E-state index contributed by atoms with van der Waals surface area (Å²) in [6.45, 7) is 0. The Kier molecular flexibility index (Phi) is 4.45. The van der Waals surface area contributed by atoms with Crippen molar-refractivity contribution in [1.82, 2.24) is 4.13 Å². The van der Waals surface area contributed by atoms with Gasteiger partial charge in [-0.1, -0.05) is 0 Å². The first-order valence-electron chi connectivity index (χ1n) is 4.32. The lowest BCUT2D eigenvalue weighted by Crippen LogP contribution is -2.13. The van der Waals surface area contributed by atoms with Gasteiger partial charge in [0.05, 0.1) is 25.4 Å². The van der Waals surface area contributed by atoms with E-state index in [1.54, 1.807) is 25.3 Å². The Morgan fingerprint density at radius 1 is 1.25 bits per heavy atom. The zero-order valence-electron chi connectivity index (χ0n) is 9.18. The van der Waals surface area contributed by atoms with Crippen molar-refractivity contribution in [3.63, 3.8) is 0 Å². The smallest absolute Gasteiger partial charge is 0.218 e. The molecule has 16 heavy (non-hydrogen) atoms. The Labute approximate surface area is 99.3 Å². The molecule has 0 fully saturated rings. The number of ether oxygens (including phenoxy) is 2. The molecule has 90 valence electrons. The molecule has 0 spiro atoms. The highest BCUT2D eigenvalue weighted by Gasteiger charge is 2.08. The molecule has 0 bridgehead atoms. The summed E-state index contributed by atoms with van der Waals surface area (Å²) < 4.78 is 34.4. The molecule has 0 radical (unpaired) electrons. The van der Waals surface area contributed by atoms with Crippen LogP contribution in [0.4, 0.5) is 0 Å². The first kappa shape index (κ1) is 13.1. The summed E-state index contributed by atoms with van der Waals surface area (Å²) in [6.07, 6.45) is 1.09. The van der Waals surface area contributed by atoms with Crippen molar-refractivity contribution in [3.8, 4) is 11.5 Å². The molecule has 7 heteroatoms. The lowest BCUT2D eigenvalue weighted by molar-refractivity contribution is 0.394. The van der Waals surface area contributed by atoms with E-state index in [1.807, 2.05) is 0 Å². The average molecular weight is 263 g/mol. The number of sulfonamides is 1. The normalized spacial score (nSPS) is 11.2. The predicted molar refractivity (Wildman–Crippen MR) is 63.4 cm³/mol. The maximum absolute atomic E-state index is 11.0. The Hall–Kier alpha value is -0.920. The third-order valence-electron chi connectivity index (χ3n) is 1.67. The van der Waals surface area contributed by atoms with Crippen LogP contribution in [-0.4, -0.2) is 28.9 Å². The molecule has 0 amide bonds. The minimum atomic E-state index is -3.25. The van der Waals surface area contributed by atoms with Crippen LogP contribution in [0.5, 0.6) is 11.5 Å². The highest BCUT2D eigenvalue weighted by atomic mass is 32.3. The van der Waals surface area contributed by atoms with Gasteiger partial charge in [-0.25, -0.2) is 8.42 Å². The molecule has 1 aromatic carbocycles. The summed E-state index contributed by atoms with van der Waals surface area (Å²) in [5.74, 6) is 1.22. The van der Waals surface area contributed by atoms with Crippen LogP contribution in [0.2, 0.25) is 0 Å². The molecule has 1 rings (SSSR count). The van der Waals surface area contributed by atoms with Crippen LogP contribution in [0, 0.1) is 0 Å². The summed E-state index contributed by atoms with van der Waals surface area (Å²) in [5.41, 5.74) is 0. The molecule has 0 atom stereocenters. The summed E-state index contributed by atoms with van der Waals surface area (Å²) >= 11 is 0.965. The van der Waals surface area contributed by atoms with Gasteiger partial charge in [0, 0.05) is 0 Å². The standard InChI is InChI=1S/C9H13NO4S2/c1-13-7-4-5-8(14-2)9(6-7)15-10-16(3,11)12/h4-6,10H,1-3H3. The van der Waals surface area contributed by atoms with E-state index in [2.05, 4.69) is 4.13 Å². The molecule has 1 aromatic rings. The fourth-order valence-corrected chi connectivity index (χ4v) is 2.38. The maximum atomic E-state index is 11.0. The van der Waals surface area contributed by atoms with Crippen molar-refractivity contribution < 1.29 is 17.9 Å². The fourth-order valence-electron chi connectivity index (χ4n) is 0.984. The van der Waals surface area contributed by atoms with E-state index in [0.29, 0.717) is 16.4 Å². The van der Waals surface area contributed by atoms with Crippen LogP contribution in [0.3, 0.4) is 0 Å². The molecule has 0 unspecified atom stereocenters. The monoisotopic (exact) mass is 263 g/mol. The van der Waals surface area contributed by atoms with Crippen molar-refractivity contribution in [1.29, 1.82) is 0 Å². The topological polar surface area (TPSA) is 64.6 Å². The summed E-state index contributed by atoms with van der Waals surface area (Å²) in [4.78, 5) is 0.646. The first-order chi connectivity index (χ1) is 7.46. The highest BCUT2D eigenvalue weighted by molar-refractivity contribution is 8.09. The van der Waals surface area contributed by atoms with Gasteiger partial charge < -0.3 is 9.47 Å². The van der Waals surface area contributed by atoms with Crippen LogP contribution in [-0.2, 0) is 10.0 Å². The fraction of sp³-hybridized carbons (Fsp3) is 0.333. The number of rotatable bonds is 5. The summed E-state index contributed by atoms with van der Waals surface area (Å²) in [5, 5.41) is 0. The highest BCUT2D eigenvalue weighted by Crippen LogP contribution is 2.31. The van der Waals surface area contributed by atoms with E-state index in [9.17, 15) is 8.42 Å². The van der Waals surface area contributed by atoms with Crippen LogP contribution >= 0.6 is 11.9 Å². The van der Waals surface area contributed by atoms with E-state index in [-0.39, 0.29) is 0 Å². The molecule has 0 heterocycles. The number of hydrogen-bond donors (Lipinski definition) is 1. The van der Waals surface area contributed by atoms with Crippen LogP contribution in [0.1, 0.15) is 0 Å². The molecule has 0 aromatic heterocycles. The largest absolute Gasteiger partial charge is 0.497 e. The second-order valence-corrected chi connectivity index (χ2v) is 5.83. The van der Waals surface area contributed by atoms with Crippen molar-refractivity contribution >= 4 is 22.0 Å². The first-order valence-corrected chi connectivity index (χ1v) is 7.02. The molecular formula is C9H13NO4S2. The number of methoxy groups -OCH3 is 2. The summed E-state index contributed by atoms with van der Waals surface area (Å²) in [6, 6.07) is 5.15. The minimum absolute atomic E-state index is 0.585. The van der Waals surface area contributed by atoms with Gasteiger partial charge in [0.1, 0.15) is 11.5 Å². The molecule has 1 N–H and O–H groups in total. The maximum Gasteiger partial charge on any atom is 0.218 e. The van der Waals surface area contributed by atoms with Crippen LogP contribution in [0.15, 0.2) is 23.1 Å². The van der Waals surface area contributed by atoms with Crippen molar-refractivity contribution in [2.24, 2.45) is 0 Å². The van der Waals surface area contributed by atoms with Crippen LogP contribution in [0.25, 0.3) is 0 Å². The number of benzene rings is 1. The van der Waals surface area contributed by atoms with Crippen molar-refractivity contribution in [3.05, 3.63) is 18.2 Å². The van der Waals surface area contributed by atoms with Gasteiger partial charge in [0.2, 0.25) is 10.0 Å². The Morgan fingerprint density at radius 3 is 2.44 bits per heavy atom. The van der Waals surface area contributed by atoms with Crippen LogP contribution < -0.4 is 13.6 Å². The second-order valence-electron chi connectivity index (χ2n) is 2.97. The molecular weight excluding hydrogens is 250 g/mol. The molecule has 0 aliphatic carbocycles. The summed E-state index contributed by atoms with van der Waals surface area (Å²) in [7, 11) is -0.188. The molecule has 0 saturated heterocycles. The van der Waals surface area contributed by atoms with E-state index >= 15 is 0 Å². The Morgan fingerprint density at radius 2 is 1.94 bits per heavy atom. The number of nitrogens with one attached hydrogen (secondary N) is 1. The molecule has 0 aliphatic rings. The van der Waals surface area contributed by atoms with E-state index < -0.39 is 10.0 Å². The van der Waals surface area contributed by atoms with Crippen molar-refractivity contribution in [2.75, 3.05) is 20.5 Å². The zero-order valence-corrected chi connectivity index (χ0v) is 10.8. The van der Waals surface area contributed by atoms with Gasteiger partial charge in [-0.2, -0.15) is 4.13 Å². The minimum Gasteiger partial charge on any atom is -0.497 e. The Bertz CT molecular complexity index is 459. The van der Waals surface area contributed by atoms with Gasteiger partial charge >= 0.3 is 0 Å². The molecule has 0 saturated carbocycles. The zero-order chi connectivity index (χ0) is 12.2. The lowest BCUT2D eigenvalue weighted by atomic mass is 10.3. The third kappa shape index (κ3) is 3.92. The Balaban J connectivity index is 2.91. The SMILES string of the molecule is COc1ccc(OC)c(SNS(C)(=O)=O)c1. The average Bonchev–Trinajstić information content (AvgIpc) is 2.25. The lowest BCUT2D eigenvalue weighted by Gasteiger charge is -2.09. The van der Waals surface area contributed by atoms with E-state index in [4.69, 9.17) is 9.47 Å². The van der Waals surface area contributed by atoms with Gasteiger partial charge in [0.15, 0.2) is 0 Å². The van der Waals surface area contributed by atoms with Gasteiger partial charge in [-0.3, -0.25) is 0 Å². The van der Waals surface area contributed by atoms with E-state index in [0.717, 1.165) is 18.2 Å². The second kappa shape index (κ2) is 5.42. The van der Waals surface area contributed by atoms with Crippen molar-refractivity contribution in [2.45, 2.75) is 4.90 Å². The predicted octanol–water partition coefficient (Wildman–Crippen LogP) is 1.26. The van der Waals surface area contributed by atoms with Gasteiger partial charge in [-0.15, -0.1) is 0 Å². The molecule has 5 nitrogen and oxygen atoms in total. The molecule has 0 aliphatic heterocycles. The van der Waals surface area contributed by atoms with E-state index in [1.165, 1.54) is 7.11 Å². The van der Waals surface area contributed by atoms with Gasteiger partial charge in [-0.05, 0) is 30.1 Å². The quantitative estimate of drug-likeness (QED) is 0.810.